The number of nitrogens with two attached hydrogens (primary N) is 1. The lowest BCUT2D eigenvalue weighted by molar-refractivity contribution is 0.527. The summed E-state index contributed by atoms with van der Waals surface area (Å²) in [4.78, 5) is 0. The van der Waals surface area contributed by atoms with Crippen LogP contribution in [0.3, 0.4) is 0 Å². The molecule has 2 atom stereocenters. The molecule has 0 aliphatic rings. The van der Waals surface area contributed by atoms with Crippen molar-refractivity contribution in [3.8, 4) is 0 Å². The maximum absolute atomic E-state index is 6.58. The fraction of sp³-hybridized carbons (Fsp3) is 0.136. The van der Waals surface area contributed by atoms with Gasteiger partial charge in [0, 0.05) is 5.69 Å². The molecule has 0 radical (unpaired) electrons. The van der Waals surface area contributed by atoms with Gasteiger partial charge in [0.1, 0.15) is 0 Å². The Bertz CT molecular complexity index is 832. The molecule has 4 heteroatoms. The van der Waals surface area contributed by atoms with Gasteiger partial charge in [0.05, 0.1) is 12.1 Å². The second kappa shape index (κ2) is 8.61. The first-order valence-electron chi connectivity index (χ1n) is 8.63. The number of benzene rings is 3. The van der Waals surface area contributed by atoms with Crippen LogP contribution >= 0.6 is 12.2 Å². The van der Waals surface area contributed by atoms with Crippen LogP contribution in [0.4, 0.5) is 5.69 Å². The van der Waals surface area contributed by atoms with Gasteiger partial charge in [-0.2, -0.15) is 0 Å². The Hall–Kier alpha value is -2.69. The highest BCUT2D eigenvalue weighted by molar-refractivity contribution is 7.80. The lowest BCUT2D eigenvalue weighted by Gasteiger charge is -2.27. The lowest BCUT2D eigenvalue weighted by atomic mass is 9.94. The second-order valence-corrected chi connectivity index (χ2v) is 6.70. The third-order valence-electron chi connectivity index (χ3n) is 4.30. The number of aryl methyl sites for hydroxylation is 1. The molecule has 0 aliphatic carbocycles. The van der Waals surface area contributed by atoms with E-state index in [4.69, 9.17) is 18.0 Å². The van der Waals surface area contributed by atoms with Crippen molar-refractivity contribution < 1.29 is 0 Å². The van der Waals surface area contributed by atoms with Crippen molar-refractivity contribution in [1.82, 2.24) is 5.32 Å². The highest BCUT2D eigenvalue weighted by Crippen LogP contribution is 2.27. The van der Waals surface area contributed by atoms with Gasteiger partial charge < -0.3 is 16.4 Å². The van der Waals surface area contributed by atoms with Crippen molar-refractivity contribution in [2.45, 2.75) is 19.0 Å². The number of hydrogen-bond acceptors (Lipinski definition) is 2. The van der Waals surface area contributed by atoms with Crippen LogP contribution in [0.2, 0.25) is 0 Å². The standard InChI is InChI=1S/C22H23N3S/c1-16-12-14-19(15-13-16)24-22(26)25-21(18-10-6-3-7-11-18)20(23)17-8-4-2-5-9-17/h2-15,20-21H,23H2,1H3,(H2,24,25,26)/t20-,21-/m1/s1. The first-order valence-corrected chi connectivity index (χ1v) is 9.04. The summed E-state index contributed by atoms with van der Waals surface area (Å²) in [6, 6.07) is 28.0. The van der Waals surface area contributed by atoms with Crippen LogP contribution in [0.1, 0.15) is 28.8 Å². The van der Waals surface area contributed by atoms with Crippen LogP contribution in [-0.4, -0.2) is 5.11 Å². The van der Waals surface area contributed by atoms with E-state index in [1.165, 1.54) is 5.56 Å². The summed E-state index contributed by atoms with van der Waals surface area (Å²) in [6.07, 6.45) is 0. The summed E-state index contributed by atoms with van der Waals surface area (Å²) in [5.41, 5.74) is 10.9. The van der Waals surface area contributed by atoms with Gasteiger partial charge in [-0.1, -0.05) is 78.4 Å². The predicted molar refractivity (Wildman–Crippen MR) is 113 cm³/mol. The topological polar surface area (TPSA) is 50.1 Å². The molecule has 26 heavy (non-hydrogen) atoms. The smallest absolute Gasteiger partial charge is 0.171 e. The van der Waals surface area contributed by atoms with Gasteiger partial charge in [0.15, 0.2) is 5.11 Å². The first-order chi connectivity index (χ1) is 12.6. The van der Waals surface area contributed by atoms with Crippen molar-refractivity contribution in [3.05, 3.63) is 102 Å². The van der Waals surface area contributed by atoms with Crippen molar-refractivity contribution in [2.75, 3.05) is 5.32 Å². The van der Waals surface area contributed by atoms with Crippen LogP contribution in [0, 0.1) is 6.92 Å². The molecular weight excluding hydrogens is 338 g/mol. The quantitative estimate of drug-likeness (QED) is 0.576. The molecule has 3 rings (SSSR count). The molecule has 0 saturated carbocycles. The Balaban J connectivity index is 1.79. The van der Waals surface area contributed by atoms with Gasteiger partial charge in [-0.3, -0.25) is 0 Å². The molecule has 0 unspecified atom stereocenters. The van der Waals surface area contributed by atoms with E-state index in [2.05, 4.69) is 41.8 Å². The largest absolute Gasteiger partial charge is 0.354 e. The third-order valence-corrected chi connectivity index (χ3v) is 4.52. The fourth-order valence-corrected chi connectivity index (χ4v) is 3.10. The summed E-state index contributed by atoms with van der Waals surface area (Å²) in [5.74, 6) is 0. The molecule has 0 bridgehead atoms. The number of anilines is 1. The Morgan fingerprint density at radius 1 is 0.808 bits per heavy atom. The number of rotatable bonds is 5. The predicted octanol–water partition coefficient (Wildman–Crippen LogP) is 4.72. The van der Waals surface area contributed by atoms with Gasteiger partial charge in [-0.05, 0) is 42.4 Å². The van der Waals surface area contributed by atoms with Gasteiger partial charge >= 0.3 is 0 Å². The van der Waals surface area contributed by atoms with E-state index in [1.807, 2.05) is 60.7 Å². The molecule has 0 fully saturated rings. The van der Waals surface area contributed by atoms with Crippen LogP contribution < -0.4 is 16.4 Å². The number of thiocarbonyl (C=S) groups is 1. The molecule has 0 amide bonds. The van der Waals surface area contributed by atoms with Gasteiger partial charge in [0.2, 0.25) is 0 Å². The van der Waals surface area contributed by atoms with Crippen LogP contribution in [-0.2, 0) is 0 Å². The first kappa shape index (κ1) is 18.1. The van der Waals surface area contributed by atoms with E-state index in [0.29, 0.717) is 5.11 Å². The average molecular weight is 362 g/mol. The van der Waals surface area contributed by atoms with Gasteiger partial charge in [-0.15, -0.1) is 0 Å². The van der Waals surface area contributed by atoms with Crippen LogP contribution in [0.5, 0.6) is 0 Å². The molecule has 0 aromatic heterocycles. The average Bonchev–Trinajstić information content (AvgIpc) is 2.69. The minimum atomic E-state index is -0.226. The zero-order valence-electron chi connectivity index (χ0n) is 14.7. The number of nitrogens with one attached hydrogen (secondary N) is 2. The lowest BCUT2D eigenvalue weighted by Crippen LogP contribution is -2.38. The van der Waals surface area contributed by atoms with Crippen LogP contribution in [0.15, 0.2) is 84.9 Å². The minimum absolute atomic E-state index is 0.135. The molecule has 3 aromatic carbocycles. The van der Waals surface area contributed by atoms with Crippen molar-refractivity contribution in [3.63, 3.8) is 0 Å². The van der Waals surface area contributed by atoms with E-state index in [9.17, 15) is 0 Å². The highest BCUT2D eigenvalue weighted by Gasteiger charge is 2.22. The molecule has 3 aromatic rings. The summed E-state index contributed by atoms with van der Waals surface area (Å²) in [7, 11) is 0. The molecular formula is C22H23N3S. The summed E-state index contributed by atoms with van der Waals surface area (Å²) < 4.78 is 0. The van der Waals surface area contributed by atoms with E-state index >= 15 is 0 Å². The van der Waals surface area contributed by atoms with E-state index in [-0.39, 0.29) is 12.1 Å². The Kier molecular flexibility index (Phi) is 6.00. The molecule has 0 saturated heterocycles. The van der Waals surface area contributed by atoms with Crippen molar-refractivity contribution >= 4 is 23.0 Å². The van der Waals surface area contributed by atoms with E-state index < -0.39 is 0 Å². The van der Waals surface area contributed by atoms with Crippen molar-refractivity contribution in [2.24, 2.45) is 5.73 Å². The molecule has 4 N–H and O–H groups in total. The highest BCUT2D eigenvalue weighted by atomic mass is 32.1. The Labute approximate surface area is 160 Å². The molecule has 0 aliphatic heterocycles. The monoisotopic (exact) mass is 361 g/mol. The van der Waals surface area contributed by atoms with E-state index in [0.717, 1.165) is 16.8 Å². The Morgan fingerprint density at radius 2 is 1.35 bits per heavy atom. The Morgan fingerprint density at radius 3 is 1.92 bits per heavy atom. The van der Waals surface area contributed by atoms with Gasteiger partial charge in [-0.25, -0.2) is 0 Å². The van der Waals surface area contributed by atoms with Crippen LogP contribution in [0.25, 0.3) is 0 Å². The zero-order chi connectivity index (χ0) is 18.4. The van der Waals surface area contributed by atoms with E-state index in [1.54, 1.807) is 0 Å². The normalized spacial score (nSPS) is 12.8. The fourth-order valence-electron chi connectivity index (χ4n) is 2.85. The molecule has 3 nitrogen and oxygen atoms in total. The summed E-state index contributed by atoms with van der Waals surface area (Å²) >= 11 is 5.54. The SMILES string of the molecule is Cc1ccc(NC(=S)N[C@H](c2ccccc2)[C@H](N)c2ccccc2)cc1. The summed E-state index contributed by atoms with van der Waals surface area (Å²) in [6.45, 7) is 2.06. The maximum atomic E-state index is 6.58. The van der Waals surface area contributed by atoms with Crippen molar-refractivity contribution in [1.29, 1.82) is 0 Å². The molecule has 132 valence electrons. The molecule has 0 spiro atoms. The second-order valence-electron chi connectivity index (χ2n) is 6.29. The third kappa shape index (κ3) is 4.69. The number of hydrogen-bond donors (Lipinski definition) is 3. The zero-order valence-corrected chi connectivity index (χ0v) is 15.5. The molecule has 0 heterocycles. The van der Waals surface area contributed by atoms with Gasteiger partial charge in [0.25, 0.3) is 0 Å². The minimum Gasteiger partial charge on any atom is -0.354 e. The maximum Gasteiger partial charge on any atom is 0.171 e. The summed E-state index contributed by atoms with van der Waals surface area (Å²) in [5, 5.41) is 7.18.